The molecule has 3 nitrogen and oxygen atoms in total. The second-order valence-electron chi connectivity index (χ2n) is 5.85. The summed E-state index contributed by atoms with van der Waals surface area (Å²) in [6, 6.07) is 0.475. The molecular formula is C13H24N2O. The van der Waals surface area contributed by atoms with Crippen molar-refractivity contribution in [3.8, 4) is 0 Å². The third-order valence-electron chi connectivity index (χ3n) is 3.86. The minimum absolute atomic E-state index is 0.0520. The van der Waals surface area contributed by atoms with Gasteiger partial charge in [-0.25, -0.2) is 0 Å². The topological polar surface area (TPSA) is 32.3 Å². The highest BCUT2D eigenvalue weighted by molar-refractivity contribution is 5.84. The van der Waals surface area contributed by atoms with Crippen LogP contribution in [-0.4, -0.2) is 29.1 Å². The lowest BCUT2D eigenvalue weighted by Gasteiger charge is -2.28. The summed E-state index contributed by atoms with van der Waals surface area (Å²) in [6.07, 6.45) is 3.77. The van der Waals surface area contributed by atoms with Gasteiger partial charge in [0.25, 0.3) is 0 Å². The second-order valence-corrected chi connectivity index (χ2v) is 5.85. The van der Waals surface area contributed by atoms with Crippen LogP contribution in [0.3, 0.4) is 0 Å². The summed E-state index contributed by atoms with van der Waals surface area (Å²) in [5, 5.41) is 3.42. The van der Waals surface area contributed by atoms with Crippen molar-refractivity contribution in [3.63, 3.8) is 0 Å². The summed E-state index contributed by atoms with van der Waals surface area (Å²) in [7, 11) is 0. The molecule has 1 saturated heterocycles. The van der Waals surface area contributed by atoms with Crippen molar-refractivity contribution in [2.24, 2.45) is 11.8 Å². The summed E-state index contributed by atoms with van der Waals surface area (Å²) in [5.41, 5.74) is 0. The van der Waals surface area contributed by atoms with Crippen molar-refractivity contribution in [2.75, 3.05) is 0 Å². The van der Waals surface area contributed by atoms with Gasteiger partial charge in [0.15, 0.2) is 0 Å². The number of rotatable bonds is 4. The van der Waals surface area contributed by atoms with E-state index in [0.29, 0.717) is 17.9 Å². The molecule has 0 bridgehead atoms. The first kappa shape index (κ1) is 11.9. The minimum atomic E-state index is 0.0520. The summed E-state index contributed by atoms with van der Waals surface area (Å²) >= 11 is 0. The third-order valence-corrected chi connectivity index (χ3v) is 3.86. The van der Waals surface area contributed by atoms with E-state index in [1.165, 1.54) is 12.8 Å². The van der Waals surface area contributed by atoms with Crippen LogP contribution < -0.4 is 5.32 Å². The van der Waals surface area contributed by atoms with Crippen LogP contribution in [0.25, 0.3) is 0 Å². The van der Waals surface area contributed by atoms with Crippen LogP contribution in [0.5, 0.6) is 0 Å². The summed E-state index contributed by atoms with van der Waals surface area (Å²) in [4.78, 5) is 14.4. The summed E-state index contributed by atoms with van der Waals surface area (Å²) in [6.45, 7) is 8.65. The van der Waals surface area contributed by atoms with Gasteiger partial charge in [0.2, 0.25) is 5.91 Å². The maximum absolute atomic E-state index is 12.3. The highest BCUT2D eigenvalue weighted by Gasteiger charge is 2.43. The van der Waals surface area contributed by atoms with E-state index in [-0.39, 0.29) is 12.2 Å². The number of hydrogen-bond acceptors (Lipinski definition) is 2. The monoisotopic (exact) mass is 224 g/mol. The van der Waals surface area contributed by atoms with Crippen molar-refractivity contribution >= 4 is 5.91 Å². The maximum atomic E-state index is 12.3. The second kappa shape index (κ2) is 4.36. The molecule has 0 aromatic heterocycles. The Morgan fingerprint density at radius 2 is 2.00 bits per heavy atom. The molecule has 0 aromatic carbocycles. The zero-order valence-corrected chi connectivity index (χ0v) is 10.9. The van der Waals surface area contributed by atoms with Crippen LogP contribution in [0.1, 0.15) is 47.0 Å². The number of carbonyl (C=O) groups is 1. The average molecular weight is 224 g/mol. The molecule has 1 N–H and O–H groups in total. The Bertz CT molecular complexity index is 273. The average Bonchev–Trinajstić information content (AvgIpc) is 2.95. The van der Waals surface area contributed by atoms with Gasteiger partial charge in [0, 0.05) is 6.04 Å². The van der Waals surface area contributed by atoms with Gasteiger partial charge >= 0.3 is 0 Å². The van der Waals surface area contributed by atoms with Crippen LogP contribution >= 0.6 is 0 Å². The quantitative estimate of drug-likeness (QED) is 0.792. The maximum Gasteiger partial charge on any atom is 0.241 e. The SMILES string of the molecule is CC(C)CC1NC(C)N(C(C)C2CC2)C1=O. The molecule has 0 spiro atoms. The van der Waals surface area contributed by atoms with Crippen molar-refractivity contribution in [1.82, 2.24) is 10.2 Å². The number of carbonyl (C=O) groups excluding carboxylic acids is 1. The number of amides is 1. The van der Waals surface area contributed by atoms with Gasteiger partial charge in [-0.1, -0.05) is 13.8 Å². The van der Waals surface area contributed by atoms with Gasteiger partial charge in [0.05, 0.1) is 12.2 Å². The van der Waals surface area contributed by atoms with Gasteiger partial charge in [0.1, 0.15) is 0 Å². The molecule has 2 fully saturated rings. The van der Waals surface area contributed by atoms with E-state index < -0.39 is 0 Å². The Kier molecular flexibility index (Phi) is 3.24. The third kappa shape index (κ3) is 2.24. The Hall–Kier alpha value is -0.570. The van der Waals surface area contributed by atoms with Crippen molar-refractivity contribution in [1.29, 1.82) is 0 Å². The molecule has 1 saturated carbocycles. The van der Waals surface area contributed by atoms with E-state index in [0.717, 1.165) is 12.3 Å². The lowest BCUT2D eigenvalue weighted by Crippen LogP contribution is -2.42. The molecule has 3 unspecified atom stereocenters. The number of nitrogens with one attached hydrogen (secondary N) is 1. The molecule has 3 atom stereocenters. The minimum Gasteiger partial charge on any atom is -0.323 e. The van der Waals surface area contributed by atoms with Crippen LogP contribution in [0.15, 0.2) is 0 Å². The van der Waals surface area contributed by atoms with Gasteiger partial charge in [-0.05, 0) is 44.9 Å². The van der Waals surface area contributed by atoms with E-state index in [1.54, 1.807) is 0 Å². The molecule has 1 heterocycles. The molecule has 2 rings (SSSR count). The van der Waals surface area contributed by atoms with Crippen molar-refractivity contribution < 1.29 is 4.79 Å². The normalized spacial score (nSPS) is 32.6. The molecular weight excluding hydrogens is 200 g/mol. The molecule has 2 aliphatic rings. The van der Waals surface area contributed by atoms with Crippen LogP contribution in [-0.2, 0) is 4.79 Å². The fraction of sp³-hybridized carbons (Fsp3) is 0.923. The predicted octanol–water partition coefficient (Wildman–Crippen LogP) is 1.98. The van der Waals surface area contributed by atoms with Crippen LogP contribution in [0, 0.1) is 11.8 Å². The Morgan fingerprint density at radius 1 is 1.38 bits per heavy atom. The van der Waals surface area contributed by atoms with Crippen molar-refractivity contribution in [3.05, 3.63) is 0 Å². The first-order chi connectivity index (χ1) is 7.50. The molecule has 0 aromatic rings. The smallest absolute Gasteiger partial charge is 0.241 e. The van der Waals surface area contributed by atoms with Crippen LogP contribution in [0.2, 0.25) is 0 Å². The number of nitrogens with zero attached hydrogens (tertiary/aromatic N) is 1. The molecule has 1 amide bonds. The molecule has 92 valence electrons. The van der Waals surface area contributed by atoms with E-state index in [1.807, 2.05) is 0 Å². The zero-order chi connectivity index (χ0) is 11.9. The highest BCUT2D eigenvalue weighted by atomic mass is 16.2. The lowest BCUT2D eigenvalue weighted by atomic mass is 10.0. The van der Waals surface area contributed by atoms with Gasteiger partial charge in [-0.3, -0.25) is 10.1 Å². The Labute approximate surface area is 98.6 Å². The summed E-state index contributed by atoms with van der Waals surface area (Å²) in [5.74, 6) is 1.65. The molecule has 1 aliphatic heterocycles. The molecule has 0 radical (unpaired) electrons. The van der Waals surface area contributed by atoms with Gasteiger partial charge in [-0.15, -0.1) is 0 Å². The predicted molar refractivity (Wildman–Crippen MR) is 64.9 cm³/mol. The van der Waals surface area contributed by atoms with E-state index in [9.17, 15) is 4.79 Å². The Balaban J connectivity index is 2.00. The van der Waals surface area contributed by atoms with E-state index in [4.69, 9.17) is 0 Å². The fourth-order valence-electron chi connectivity index (χ4n) is 2.81. The van der Waals surface area contributed by atoms with E-state index >= 15 is 0 Å². The molecule has 3 heteroatoms. The first-order valence-corrected chi connectivity index (χ1v) is 6.59. The highest BCUT2D eigenvalue weighted by Crippen LogP contribution is 2.37. The molecule has 1 aliphatic carbocycles. The van der Waals surface area contributed by atoms with Crippen LogP contribution in [0.4, 0.5) is 0 Å². The Morgan fingerprint density at radius 3 is 2.50 bits per heavy atom. The fourth-order valence-corrected chi connectivity index (χ4v) is 2.81. The van der Waals surface area contributed by atoms with Gasteiger partial charge in [-0.2, -0.15) is 0 Å². The van der Waals surface area contributed by atoms with E-state index in [2.05, 4.69) is 37.9 Å². The van der Waals surface area contributed by atoms with Gasteiger partial charge < -0.3 is 4.90 Å². The zero-order valence-electron chi connectivity index (χ0n) is 10.9. The molecule has 16 heavy (non-hydrogen) atoms. The van der Waals surface area contributed by atoms with Crippen molar-refractivity contribution in [2.45, 2.75) is 65.2 Å². The largest absolute Gasteiger partial charge is 0.323 e. The standard InChI is InChI=1S/C13H24N2O/c1-8(2)7-12-13(16)15(10(4)14-12)9(3)11-5-6-11/h8-12,14H,5-7H2,1-4H3. The lowest BCUT2D eigenvalue weighted by molar-refractivity contribution is -0.132. The summed E-state index contributed by atoms with van der Waals surface area (Å²) < 4.78 is 0. The number of hydrogen-bond donors (Lipinski definition) is 1. The first-order valence-electron chi connectivity index (χ1n) is 6.59.